The van der Waals surface area contributed by atoms with E-state index in [-0.39, 0.29) is 0 Å². The SMILES string of the molecule is CO/N=C1\CCCC12CCN(C)CC2. The summed E-state index contributed by atoms with van der Waals surface area (Å²) in [7, 11) is 3.86. The lowest BCUT2D eigenvalue weighted by molar-refractivity contribution is 0.167. The monoisotopic (exact) mass is 196 g/mol. The zero-order valence-corrected chi connectivity index (χ0v) is 9.25. The van der Waals surface area contributed by atoms with Crippen molar-refractivity contribution < 1.29 is 4.84 Å². The molecule has 0 N–H and O–H groups in total. The van der Waals surface area contributed by atoms with E-state index in [0.717, 1.165) is 6.42 Å². The van der Waals surface area contributed by atoms with Crippen LogP contribution in [0.4, 0.5) is 0 Å². The van der Waals surface area contributed by atoms with Crippen molar-refractivity contribution in [2.75, 3.05) is 27.2 Å². The Labute approximate surface area is 86.1 Å². The number of hydrogen-bond acceptors (Lipinski definition) is 3. The molecule has 0 unspecified atom stereocenters. The van der Waals surface area contributed by atoms with E-state index in [9.17, 15) is 0 Å². The Balaban J connectivity index is 2.10. The minimum Gasteiger partial charge on any atom is -0.399 e. The van der Waals surface area contributed by atoms with Crippen molar-refractivity contribution in [1.29, 1.82) is 0 Å². The average molecular weight is 196 g/mol. The molecule has 1 aliphatic heterocycles. The van der Waals surface area contributed by atoms with Crippen LogP contribution >= 0.6 is 0 Å². The van der Waals surface area contributed by atoms with Gasteiger partial charge in [0.15, 0.2) is 0 Å². The fraction of sp³-hybridized carbons (Fsp3) is 0.909. The standard InChI is InChI=1S/C11H20N2O/c1-13-8-6-11(7-9-13)5-3-4-10(11)12-14-2/h3-9H2,1-2H3/b12-10+. The van der Waals surface area contributed by atoms with Crippen LogP contribution < -0.4 is 0 Å². The molecule has 0 aromatic rings. The molecule has 2 aliphatic rings. The highest BCUT2D eigenvalue weighted by Crippen LogP contribution is 2.44. The first kappa shape index (κ1) is 9.97. The van der Waals surface area contributed by atoms with Crippen molar-refractivity contribution >= 4 is 5.71 Å². The fourth-order valence-electron chi connectivity index (χ4n) is 2.84. The molecule has 2 fully saturated rings. The van der Waals surface area contributed by atoms with E-state index in [1.807, 2.05) is 0 Å². The van der Waals surface area contributed by atoms with E-state index in [2.05, 4.69) is 17.1 Å². The maximum Gasteiger partial charge on any atom is 0.106 e. The molecule has 0 amide bonds. The molecule has 0 aromatic heterocycles. The third-order valence-corrected chi connectivity index (χ3v) is 3.83. The van der Waals surface area contributed by atoms with Crippen molar-refractivity contribution in [1.82, 2.24) is 4.90 Å². The van der Waals surface area contributed by atoms with Crippen LogP contribution in [0.3, 0.4) is 0 Å². The summed E-state index contributed by atoms with van der Waals surface area (Å²) in [5.41, 5.74) is 1.73. The van der Waals surface area contributed by atoms with E-state index in [0.29, 0.717) is 5.41 Å². The van der Waals surface area contributed by atoms with E-state index in [4.69, 9.17) is 4.84 Å². The number of nitrogens with zero attached hydrogens (tertiary/aromatic N) is 2. The quantitative estimate of drug-likeness (QED) is 0.598. The fourth-order valence-corrected chi connectivity index (χ4v) is 2.84. The van der Waals surface area contributed by atoms with Crippen LogP contribution in [0.25, 0.3) is 0 Å². The molecule has 0 bridgehead atoms. The van der Waals surface area contributed by atoms with Gasteiger partial charge in [0.2, 0.25) is 0 Å². The molecule has 3 heteroatoms. The van der Waals surface area contributed by atoms with Crippen molar-refractivity contribution in [2.45, 2.75) is 32.1 Å². The molecule has 2 rings (SSSR count). The summed E-state index contributed by atoms with van der Waals surface area (Å²) in [6, 6.07) is 0. The van der Waals surface area contributed by atoms with Crippen LogP contribution in [0.15, 0.2) is 5.16 Å². The Morgan fingerprint density at radius 2 is 2.00 bits per heavy atom. The molecule has 1 saturated carbocycles. The minimum absolute atomic E-state index is 0.405. The lowest BCUT2D eigenvalue weighted by atomic mass is 9.76. The summed E-state index contributed by atoms with van der Waals surface area (Å²) >= 11 is 0. The Bertz CT molecular complexity index is 229. The third-order valence-electron chi connectivity index (χ3n) is 3.83. The summed E-state index contributed by atoms with van der Waals surface area (Å²) < 4.78 is 0. The number of piperidine rings is 1. The lowest BCUT2D eigenvalue weighted by Crippen LogP contribution is -2.40. The van der Waals surface area contributed by atoms with Crippen molar-refractivity contribution in [3.05, 3.63) is 0 Å². The Hall–Kier alpha value is -0.570. The molecule has 0 atom stereocenters. The largest absolute Gasteiger partial charge is 0.399 e. The number of likely N-dealkylation sites (tertiary alicyclic amines) is 1. The van der Waals surface area contributed by atoms with Gasteiger partial charge in [0, 0.05) is 5.41 Å². The Morgan fingerprint density at radius 3 is 2.64 bits per heavy atom. The Kier molecular flexibility index (Phi) is 2.77. The summed E-state index contributed by atoms with van der Waals surface area (Å²) in [6.45, 7) is 2.42. The molecular weight excluding hydrogens is 176 g/mol. The third kappa shape index (κ3) is 1.65. The maximum absolute atomic E-state index is 4.95. The van der Waals surface area contributed by atoms with E-state index in [1.54, 1.807) is 7.11 Å². The molecule has 1 aliphatic carbocycles. The van der Waals surface area contributed by atoms with Crippen LogP contribution in [0.2, 0.25) is 0 Å². The maximum atomic E-state index is 4.95. The first-order valence-corrected chi connectivity index (χ1v) is 5.56. The first-order valence-electron chi connectivity index (χ1n) is 5.56. The van der Waals surface area contributed by atoms with Gasteiger partial charge < -0.3 is 9.74 Å². The smallest absolute Gasteiger partial charge is 0.106 e. The number of oxime groups is 1. The predicted octanol–water partition coefficient (Wildman–Crippen LogP) is 1.88. The van der Waals surface area contributed by atoms with Crippen molar-refractivity contribution in [3.63, 3.8) is 0 Å². The van der Waals surface area contributed by atoms with Gasteiger partial charge in [0.25, 0.3) is 0 Å². The van der Waals surface area contributed by atoms with Gasteiger partial charge in [-0.05, 0) is 52.2 Å². The second-order valence-corrected chi connectivity index (χ2v) is 4.66. The molecular formula is C11H20N2O. The number of rotatable bonds is 1. The van der Waals surface area contributed by atoms with Crippen LogP contribution in [0.1, 0.15) is 32.1 Å². The van der Waals surface area contributed by atoms with Crippen LogP contribution in [-0.2, 0) is 4.84 Å². The number of hydrogen-bond donors (Lipinski definition) is 0. The minimum atomic E-state index is 0.405. The van der Waals surface area contributed by atoms with Gasteiger partial charge in [-0.3, -0.25) is 0 Å². The molecule has 0 aromatic carbocycles. The van der Waals surface area contributed by atoms with Gasteiger partial charge in [-0.2, -0.15) is 0 Å². The molecule has 1 heterocycles. The van der Waals surface area contributed by atoms with Gasteiger partial charge in [0.1, 0.15) is 7.11 Å². The highest BCUT2D eigenvalue weighted by atomic mass is 16.6. The van der Waals surface area contributed by atoms with E-state index in [1.165, 1.54) is 44.5 Å². The molecule has 0 radical (unpaired) electrons. The van der Waals surface area contributed by atoms with Crippen LogP contribution in [0.5, 0.6) is 0 Å². The summed E-state index contributed by atoms with van der Waals surface area (Å²) in [4.78, 5) is 7.37. The molecule has 1 spiro atoms. The van der Waals surface area contributed by atoms with Gasteiger partial charge in [-0.25, -0.2) is 0 Å². The van der Waals surface area contributed by atoms with Gasteiger partial charge in [-0.1, -0.05) is 5.16 Å². The summed E-state index contributed by atoms with van der Waals surface area (Å²) in [5, 5.41) is 4.22. The van der Waals surface area contributed by atoms with Crippen molar-refractivity contribution in [2.24, 2.45) is 10.6 Å². The molecule has 3 nitrogen and oxygen atoms in total. The van der Waals surface area contributed by atoms with Crippen molar-refractivity contribution in [3.8, 4) is 0 Å². The van der Waals surface area contributed by atoms with Gasteiger partial charge in [-0.15, -0.1) is 0 Å². The van der Waals surface area contributed by atoms with E-state index >= 15 is 0 Å². The van der Waals surface area contributed by atoms with Crippen LogP contribution in [-0.4, -0.2) is 37.9 Å². The second-order valence-electron chi connectivity index (χ2n) is 4.66. The first-order chi connectivity index (χ1) is 6.77. The zero-order valence-electron chi connectivity index (χ0n) is 9.25. The summed E-state index contributed by atoms with van der Waals surface area (Å²) in [5.74, 6) is 0. The molecule has 1 saturated heterocycles. The molecule has 14 heavy (non-hydrogen) atoms. The predicted molar refractivity (Wildman–Crippen MR) is 57.5 cm³/mol. The van der Waals surface area contributed by atoms with Crippen LogP contribution in [0, 0.1) is 5.41 Å². The molecule has 80 valence electrons. The zero-order chi connectivity index (χ0) is 10.0. The Morgan fingerprint density at radius 1 is 1.29 bits per heavy atom. The normalized spacial score (nSPS) is 30.0. The topological polar surface area (TPSA) is 24.8 Å². The highest BCUT2D eigenvalue weighted by molar-refractivity contribution is 5.91. The lowest BCUT2D eigenvalue weighted by Gasteiger charge is -2.37. The second kappa shape index (κ2) is 3.89. The average Bonchev–Trinajstić information content (AvgIpc) is 2.56. The van der Waals surface area contributed by atoms with Gasteiger partial charge >= 0.3 is 0 Å². The summed E-state index contributed by atoms with van der Waals surface area (Å²) in [6.07, 6.45) is 6.31. The van der Waals surface area contributed by atoms with E-state index < -0.39 is 0 Å². The van der Waals surface area contributed by atoms with Gasteiger partial charge in [0.05, 0.1) is 5.71 Å². The highest BCUT2D eigenvalue weighted by Gasteiger charge is 2.42.